The van der Waals surface area contributed by atoms with E-state index in [9.17, 15) is 9.59 Å². The molecule has 1 amide bonds. The van der Waals surface area contributed by atoms with Crippen molar-refractivity contribution in [3.8, 4) is 11.5 Å². The summed E-state index contributed by atoms with van der Waals surface area (Å²) in [5, 5.41) is 11.8. The van der Waals surface area contributed by atoms with Crippen molar-refractivity contribution >= 4 is 17.6 Å². The normalized spacial score (nSPS) is 10.0. The number of amides is 1. The van der Waals surface area contributed by atoms with Crippen molar-refractivity contribution in [2.45, 2.75) is 6.92 Å². The Hall–Kier alpha value is -3.02. The van der Waals surface area contributed by atoms with Gasteiger partial charge in [-0.25, -0.2) is 4.79 Å². The summed E-state index contributed by atoms with van der Waals surface area (Å²) >= 11 is 0. The summed E-state index contributed by atoms with van der Waals surface area (Å²) in [6, 6.07) is 11.6. The van der Waals surface area contributed by atoms with Crippen LogP contribution >= 0.6 is 0 Å². The van der Waals surface area contributed by atoms with Crippen molar-refractivity contribution in [3.05, 3.63) is 53.6 Å². The van der Waals surface area contributed by atoms with Crippen LogP contribution in [-0.4, -0.2) is 30.7 Å². The molecule has 0 fully saturated rings. The monoisotopic (exact) mass is 315 g/mol. The van der Waals surface area contributed by atoms with E-state index in [4.69, 9.17) is 14.6 Å². The second-order valence-electron chi connectivity index (χ2n) is 4.87. The molecule has 6 heteroatoms. The molecule has 0 aliphatic rings. The Balaban J connectivity index is 2.03. The summed E-state index contributed by atoms with van der Waals surface area (Å²) in [6.07, 6.45) is 0. The zero-order valence-electron chi connectivity index (χ0n) is 12.8. The summed E-state index contributed by atoms with van der Waals surface area (Å²) in [5.41, 5.74) is 1.70. The SMILES string of the molecule is COc1ccc(C(=O)O)c(OCC(=O)Nc2ccc(C)cc2)c1. The summed E-state index contributed by atoms with van der Waals surface area (Å²) in [5.74, 6) is -0.991. The molecule has 6 nitrogen and oxygen atoms in total. The molecule has 2 aromatic carbocycles. The Morgan fingerprint density at radius 2 is 1.83 bits per heavy atom. The maximum atomic E-state index is 11.9. The Kier molecular flexibility index (Phi) is 5.19. The van der Waals surface area contributed by atoms with Crippen LogP contribution in [0.15, 0.2) is 42.5 Å². The topological polar surface area (TPSA) is 84.9 Å². The van der Waals surface area contributed by atoms with E-state index >= 15 is 0 Å². The van der Waals surface area contributed by atoms with Crippen LogP contribution in [0, 0.1) is 6.92 Å². The number of aromatic carboxylic acids is 1. The smallest absolute Gasteiger partial charge is 0.339 e. The molecule has 0 saturated heterocycles. The molecule has 0 aromatic heterocycles. The van der Waals surface area contributed by atoms with E-state index in [0.717, 1.165) is 5.56 Å². The molecule has 0 unspecified atom stereocenters. The number of benzene rings is 2. The minimum absolute atomic E-state index is 0.0334. The Bertz CT molecular complexity index is 709. The molecule has 0 spiro atoms. The van der Waals surface area contributed by atoms with Crippen molar-refractivity contribution in [2.24, 2.45) is 0 Å². The first-order chi connectivity index (χ1) is 11.0. The van der Waals surface area contributed by atoms with Gasteiger partial charge >= 0.3 is 5.97 Å². The van der Waals surface area contributed by atoms with Crippen molar-refractivity contribution in [1.29, 1.82) is 0 Å². The number of aryl methyl sites for hydroxylation is 1. The Morgan fingerprint density at radius 1 is 1.13 bits per heavy atom. The number of carbonyl (C=O) groups excluding carboxylic acids is 1. The molecule has 0 aliphatic heterocycles. The Labute approximate surface area is 133 Å². The van der Waals surface area contributed by atoms with Crippen LogP contribution in [0.25, 0.3) is 0 Å². The highest BCUT2D eigenvalue weighted by Gasteiger charge is 2.14. The third-order valence-electron chi connectivity index (χ3n) is 3.11. The number of rotatable bonds is 6. The van der Waals surface area contributed by atoms with Gasteiger partial charge in [0.05, 0.1) is 7.11 Å². The number of carbonyl (C=O) groups is 2. The standard InChI is InChI=1S/C17H17NO5/c1-11-3-5-12(6-4-11)18-16(19)10-23-15-9-13(22-2)7-8-14(15)17(20)21/h3-9H,10H2,1-2H3,(H,18,19)(H,20,21). The van der Waals surface area contributed by atoms with Gasteiger partial charge in [0.15, 0.2) is 6.61 Å². The van der Waals surface area contributed by atoms with E-state index < -0.39 is 5.97 Å². The molecule has 2 aromatic rings. The van der Waals surface area contributed by atoms with Crippen LogP contribution < -0.4 is 14.8 Å². The van der Waals surface area contributed by atoms with Crippen LogP contribution in [0.1, 0.15) is 15.9 Å². The average Bonchev–Trinajstić information content (AvgIpc) is 2.54. The first-order valence-electron chi connectivity index (χ1n) is 6.90. The zero-order valence-corrected chi connectivity index (χ0v) is 12.8. The van der Waals surface area contributed by atoms with Gasteiger partial charge in [0, 0.05) is 11.8 Å². The first-order valence-corrected chi connectivity index (χ1v) is 6.90. The highest BCUT2D eigenvalue weighted by Crippen LogP contribution is 2.25. The summed E-state index contributed by atoms with van der Waals surface area (Å²) < 4.78 is 10.4. The van der Waals surface area contributed by atoms with Crippen LogP contribution in [0.3, 0.4) is 0 Å². The molecule has 0 radical (unpaired) electrons. The molecule has 0 atom stereocenters. The van der Waals surface area contributed by atoms with E-state index in [-0.39, 0.29) is 23.8 Å². The molecule has 0 heterocycles. The number of hydrogen-bond acceptors (Lipinski definition) is 4. The minimum atomic E-state index is -1.14. The van der Waals surface area contributed by atoms with Gasteiger partial charge in [0.1, 0.15) is 17.1 Å². The van der Waals surface area contributed by atoms with E-state index in [2.05, 4.69) is 5.32 Å². The van der Waals surface area contributed by atoms with Crippen LogP contribution in [-0.2, 0) is 4.79 Å². The molecule has 0 bridgehead atoms. The van der Waals surface area contributed by atoms with Crippen LogP contribution in [0.2, 0.25) is 0 Å². The first kappa shape index (κ1) is 16.4. The van der Waals surface area contributed by atoms with Crippen molar-refractivity contribution in [1.82, 2.24) is 0 Å². The van der Waals surface area contributed by atoms with Crippen molar-refractivity contribution in [2.75, 3.05) is 19.0 Å². The maximum Gasteiger partial charge on any atom is 0.339 e. The summed E-state index contributed by atoms with van der Waals surface area (Å²) in [7, 11) is 1.46. The van der Waals surface area contributed by atoms with E-state index in [1.54, 1.807) is 12.1 Å². The lowest BCUT2D eigenvalue weighted by molar-refractivity contribution is -0.118. The molecule has 2 rings (SSSR count). The predicted octanol–water partition coefficient (Wildman–Crippen LogP) is 2.72. The van der Waals surface area contributed by atoms with Gasteiger partial charge < -0.3 is 19.9 Å². The van der Waals surface area contributed by atoms with Gasteiger partial charge in [-0.2, -0.15) is 0 Å². The van der Waals surface area contributed by atoms with Crippen LogP contribution in [0.4, 0.5) is 5.69 Å². The molecule has 120 valence electrons. The lowest BCUT2D eigenvalue weighted by Gasteiger charge is -2.11. The quantitative estimate of drug-likeness (QED) is 0.856. The van der Waals surface area contributed by atoms with E-state index in [0.29, 0.717) is 11.4 Å². The molecule has 23 heavy (non-hydrogen) atoms. The number of carboxylic acid groups (broad SMARTS) is 1. The highest BCUT2D eigenvalue weighted by atomic mass is 16.5. The molecule has 0 aliphatic carbocycles. The van der Waals surface area contributed by atoms with Gasteiger partial charge in [0.25, 0.3) is 5.91 Å². The Morgan fingerprint density at radius 3 is 2.43 bits per heavy atom. The predicted molar refractivity (Wildman–Crippen MR) is 85.3 cm³/mol. The second-order valence-corrected chi connectivity index (χ2v) is 4.87. The van der Waals surface area contributed by atoms with E-state index in [1.807, 2.05) is 19.1 Å². The van der Waals surface area contributed by atoms with Gasteiger partial charge in [-0.3, -0.25) is 4.79 Å². The van der Waals surface area contributed by atoms with Gasteiger partial charge in [-0.1, -0.05) is 17.7 Å². The van der Waals surface area contributed by atoms with Crippen molar-refractivity contribution < 1.29 is 24.2 Å². The molecular weight excluding hydrogens is 298 g/mol. The van der Waals surface area contributed by atoms with Crippen molar-refractivity contribution in [3.63, 3.8) is 0 Å². The lowest BCUT2D eigenvalue weighted by Crippen LogP contribution is -2.20. The number of nitrogens with one attached hydrogen (secondary N) is 1. The number of carboxylic acids is 1. The third kappa shape index (κ3) is 4.47. The zero-order chi connectivity index (χ0) is 16.8. The summed E-state index contributed by atoms with van der Waals surface area (Å²) in [4.78, 5) is 23.1. The highest BCUT2D eigenvalue weighted by molar-refractivity contribution is 5.93. The largest absolute Gasteiger partial charge is 0.497 e. The fraction of sp³-hybridized carbons (Fsp3) is 0.176. The van der Waals surface area contributed by atoms with Gasteiger partial charge in [-0.05, 0) is 31.2 Å². The molecule has 2 N–H and O–H groups in total. The number of hydrogen-bond donors (Lipinski definition) is 2. The lowest BCUT2D eigenvalue weighted by atomic mass is 10.2. The number of methoxy groups -OCH3 is 1. The number of ether oxygens (including phenoxy) is 2. The number of anilines is 1. The minimum Gasteiger partial charge on any atom is -0.497 e. The average molecular weight is 315 g/mol. The summed E-state index contributed by atoms with van der Waals surface area (Å²) in [6.45, 7) is 1.65. The third-order valence-corrected chi connectivity index (χ3v) is 3.11. The fourth-order valence-electron chi connectivity index (χ4n) is 1.90. The molecule has 0 saturated carbocycles. The van der Waals surface area contributed by atoms with Gasteiger partial charge in [-0.15, -0.1) is 0 Å². The molecular formula is C17H17NO5. The second kappa shape index (κ2) is 7.31. The van der Waals surface area contributed by atoms with Crippen LogP contribution in [0.5, 0.6) is 11.5 Å². The maximum absolute atomic E-state index is 11.9. The van der Waals surface area contributed by atoms with E-state index in [1.165, 1.54) is 25.3 Å². The fourth-order valence-corrected chi connectivity index (χ4v) is 1.90. The van der Waals surface area contributed by atoms with Gasteiger partial charge in [0.2, 0.25) is 0 Å².